The van der Waals surface area contributed by atoms with Gasteiger partial charge in [-0.25, -0.2) is 15.0 Å². The van der Waals surface area contributed by atoms with E-state index in [1.807, 2.05) is 58.2 Å². The largest absolute Gasteiger partial charge is 0.481 e. The highest BCUT2D eigenvalue weighted by atomic mass is 32.1. The van der Waals surface area contributed by atoms with E-state index in [1.54, 1.807) is 11.3 Å². The van der Waals surface area contributed by atoms with Gasteiger partial charge in [-0.1, -0.05) is 13.0 Å². The third kappa shape index (κ3) is 5.69. The standard InChI is InChI=1S/C27H29F3N4O2S/c1-5-15(2)18-11-19(13-20(12-18)33-25-31-9-7-22(34-25)27(28,29)30)21-14-32-23(37-21)17-6-8-26(4,24(35)36)16(3)10-17/h5,7,9,11-14,16-17H,6,8,10H2,1-4H3,(H,35,36)(H,31,33,34)/b15-5+. The van der Waals surface area contributed by atoms with Gasteiger partial charge in [0, 0.05) is 24.0 Å². The van der Waals surface area contributed by atoms with Gasteiger partial charge in [0.2, 0.25) is 5.95 Å². The number of benzene rings is 1. The lowest BCUT2D eigenvalue weighted by Gasteiger charge is -2.39. The Morgan fingerprint density at radius 3 is 2.68 bits per heavy atom. The van der Waals surface area contributed by atoms with Gasteiger partial charge in [-0.05, 0) is 86.9 Å². The summed E-state index contributed by atoms with van der Waals surface area (Å²) < 4.78 is 39.3. The van der Waals surface area contributed by atoms with Gasteiger partial charge in [-0.15, -0.1) is 11.3 Å². The maximum Gasteiger partial charge on any atom is 0.433 e. The highest BCUT2D eigenvalue weighted by molar-refractivity contribution is 7.15. The Bertz CT molecular complexity index is 1340. The summed E-state index contributed by atoms with van der Waals surface area (Å²) in [6.45, 7) is 7.70. The van der Waals surface area contributed by atoms with Crippen molar-refractivity contribution in [2.45, 2.75) is 59.1 Å². The summed E-state index contributed by atoms with van der Waals surface area (Å²) in [5.41, 5.74) is 1.61. The fourth-order valence-electron chi connectivity index (χ4n) is 4.62. The smallest absolute Gasteiger partial charge is 0.433 e. The molecule has 3 atom stereocenters. The molecular weight excluding hydrogens is 501 g/mol. The Morgan fingerprint density at radius 1 is 1.27 bits per heavy atom. The van der Waals surface area contributed by atoms with E-state index in [4.69, 9.17) is 0 Å². The molecule has 196 valence electrons. The fraction of sp³-hybridized carbons (Fsp3) is 0.407. The Hall–Kier alpha value is -3.27. The second kappa shape index (κ2) is 10.2. The van der Waals surface area contributed by atoms with Crippen molar-refractivity contribution in [3.05, 3.63) is 59.0 Å². The van der Waals surface area contributed by atoms with Crippen molar-refractivity contribution in [2.24, 2.45) is 11.3 Å². The minimum atomic E-state index is -4.56. The zero-order valence-corrected chi connectivity index (χ0v) is 21.9. The number of thiazole rings is 1. The number of anilines is 2. The minimum absolute atomic E-state index is 0.0278. The Balaban J connectivity index is 1.63. The number of hydrogen-bond acceptors (Lipinski definition) is 6. The Kier molecular flexibility index (Phi) is 7.41. The van der Waals surface area contributed by atoms with Gasteiger partial charge in [-0.3, -0.25) is 4.79 Å². The highest BCUT2D eigenvalue weighted by Crippen LogP contribution is 2.48. The molecule has 0 bridgehead atoms. The van der Waals surface area contributed by atoms with Gasteiger partial charge < -0.3 is 10.4 Å². The monoisotopic (exact) mass is 530 g/mol. The summed E-state index contributed by atoms with van der Waals surface area (Å²) in [6.07, 6.45) is 2.41. The van der Waals surface area contributed by atoms with Crippen LogP contribution < -0.4 is 5.32 Å². The molecule has 0 amide bonds. The molecule has 1 saturated carbocycles. The molecule has 2 N–H and O–H groups in total. The first-order valence-corrected chi connectivity index (χ1v) is 12.9. The summed E-state index contributed by atoms with van der Waals surface area (Å²) in [5, 5.41) is 13.6. The molecule has 4 rings (SSSR count). The normalized spacial score (nSPS) is 22.6. The van der Waals surface area contributed by atoms with Gasteiger partial charge in [0.25, 0.3) is 0 Å². The number of hydrogen-bond donors (Lipinski definition) is 2. The quantitative estimate of drug-likeness (QED) is 0.338. The molecule has 10 heteroatoms. The summed E-state index contributed by atoms with van der Waals surface area (Å²) in [7, 11) is 0. The van der Waals surface area contributed by atoms with Gasteiger partial charge >= 0.3 is 12.1 Å². The number of carboxylic acid groups (broad SMARTS) is 1. The molecule has 1 fully saturated rings. The van der Waals surface area contributed by atoms with Crippen LogP contribution in [0.15, 0.2) is 42.7 Å². The number of allylic oxidation sites excluding steroid dienone is 2. The van der Waals surface area contributed by atoms with Crippen molar-refractivity contribution in [2.75, 3.05) is 5.32 Å². The van der Waals surface area contributed by atoms with Gasteiger partial charge in [-0.2, -0.15) is 13.2 Å². The second-order valence-electron chi connectivity index (χ2n) is 9.82. The van der Waals surface area contributed by atoms with Crippen LogP contribution in [-0.4, -0.2) is 26.0 Å². The van der Waals surface area contributed by atoms with E-state index in [0.29, 0.717) is 12.1 Å². The number of halogens is 3. The summed E-state index contributed by atoms with van der Waals surface area (Å²) in [4.78, 5) is 24.9. The van der Waals surface area contributed by atoms with Crippen LogP contribution in [-0.2, 0) is 11.0 Å². The lowest BCUT2D eigenvalue weighted by molar-refractivity contribution is -0.153. The number of carboxylic acids is 1. The SMILES string of the molecule is C/C=C(\C)c1cc(Nc2nccc(C(F)(F)F)n2)cc(-c2cnc(C3CCC(C)(C(=O)O)C(C)C3)s2)c1. The molecular formula is C27H29F3N4O2S. The molecule has 3 unspecified atom stereocenters. The average Bonchev–Trinajstić information content (AvgIpc) is 3.35. The van der Waals surface area contributed by atoms with Crippen molar-refractivity contribution in [1.29, 1.82) is 0 Å². The van der Waals surface area contributed by atoms with E-state index in [-0.39, 0.29) is 17.8 Å². The zero-order valence-electron chi connectivity index (χ0n) is 21.1. The maximum absolute atomic E-state index is 13.1. The van der Waals surface area contributed by atoms with E-state index in [0.717, 1.165) is 51.7 Å². The molecule has 0 saturated heterocycles. The third-order valence-electron chi connectivity index (χ3n) is 7.41. The molecule has 3 aromatic rings. The van der Waals surface area contributed by atoms with Crippen molar-refractivity contribution in [3.63, 3.8) is 0 Å². The number of carbonyl (C=O) groups is 1. The van der Waals surface area contributed by atoms with E-state index in [1.165, 1.54) is 0 Å². The molecule has 2 aromatic heterocycles. The summed E-state index contributed by atoms with van der Waals surface area (Å²) in [5.74, 6) is -0.671. The maximum atomic E-state index is 13.1. The summed E-state index contributed by atoms with van der Waals surface area (Å²) in [6, 6.07) is 6.55. The molecule has 37 heavy (non-hydrogen) atoms. The molecule has 1 aliphatic carbocycles. The van der Waals surface area contributed by atoms with Crippen molar-refractivity contribution in [3.8, 4) is 10.4 Å². The number of aliphatic carboxylic acids is 1. The van der Waals surface area contributed by atoms with Crippen LogP contribution in [0.1, 0.15) is 69.1 Å². The van der Waals surface area contributed by atoms with Crippen LogP contribution >= 0.6 is 11.3 Å². The molecule has 0 spiro atoms. The van der Waals surface area contributed by atoms with Crippen LogP contribution in [0.3, 0.4) is 0 Å². The average molecular weight is 531 g/mol. The number of rotatable bonds is 6. The number of alkyl halides is 3. The van der Waals surface area contributed by atoms with Gasteiger partial charge in [0.15, 0.2) is 0 Å². The van der Waals surface area contributed by atoms with Crippen LogP contribution in [0.25, 0.3) is 16.0 Å². The predicted octanol–water partition coefficient (Wildman–Crippen LogP) is 7.78. The lowest BCUT2D eigenvalue weighted by atomic mass is 9.65. The van der Waals surface area contributed by atoms with Crippen LogP contribution in [0.5, 0.6) is 0 Å². The predicted molar refractivity (Wildman–Crippen MR) is 139 cm³/mol. The van der Waals surface area contributed by atoms with Crippen molar-refractivity contribution < 1.29 is 23.1 Å². The van der Waals surface area contributed by atoms with Gasteiger partial charge in [0.1, 0.15) is 5.69 Å². The minimum Gasteiger partial charge on any atom is -0.481 e. The van der Waals surface area contributed by atoms with E-state index in [2.05, 4.69) is 20.3 Å². The van der Waals surface area contributed by atoms with E-state index < -0.39 is 23.3 Å². The number of nitrogens with one attached hydrogen (secondary N) is 1. The zero-order chi connectivity index (χ0) is 27.0. The van der Waals surface area contributed by atoms with E-state index in [9.17, 15) is 23.1 Å². The van der Waals surface area contributed by atoms with Crippen molar-refractivity contribution >= 4 is 34.5 Å². The Morgan fingerprint density at radius 2 is 2.03 bits per heavy atom. The van der Waals surface area contributed by atoms with E-state index >= 15 is 0 Å². The number of nitrogens with zero attached hydrogens (tertiary/aromatic N) is 3. The summed E-state index contributed by atoms with van der Waals surface area (Å²) >= 11 is 1.57. The topological polar surface area (TPSA) is 88.0 Å². The molecule has 1 aromatic carbocycles. The molecule has 1 aliphatic rings. The second-order valence-corrected chi connectivity index (χ2v) is 10.9. The lowest BCUT2D eigenvalue weighted by Crippen LogP contribution is -2.38. The highest BCUT2D eigenvalue weighted by Gasteiger charge is 2.44. The Labute approximate surface area is 217 Å². The van der Waals surface area contributed by atoms with Crippen LogP contribution in [0.4, 0.5) is 24.8 Å². The third-order valence-corrected chi connectivity index (χ3v) is 8.62. The first kappa shape index (κ1) is 26.8. The first-order valence-electron chi connectivity index (χ1n) is 12.1. The molecule has 6 nitrogen and oxygen atoms in total. The molecule has 0 aliphatic heterocycles. The first-order chi connectivity index (χ1) is 17.4. The van der Waals surface area contributed by atoms with Crippen LogP contribution in [0.2, 0.25) is 0 Å². The van der Waals surface area contributed by atoms with Crippen molar-refractivity contribution in [1.82, 2.24) is 15.0 Å². The number of aromatic nitrogens is 3. The van der Waals surface area contributed by atoms with Gasteiger partial charge in [0.05, 0.1) is 15.3 Å². The molecule has 0 radical (unpaired) electrons. The molecule has 2 heterocycles. The van der Waals surface area contributed by atoms with Crippen LogP contribution in [0, 0.1) is 11.3 Å². The fourth-order valence-corrected chi connectivity index (χ4v) is 5.67.